The van der Waals surface area contributed by atoms with Crippen LogP contribution in [0, 0.1) is 6.92 Å². The molecule has 0 atom stereocenters. The normalized spacial score (nSPS) is 10.6. The van der Waals surface area contributed by atoms with E-state index in [2.05, 4.69) is 18.1 Å². The molecule has 0 radical (unpaired) electrons. The summed E-state index contributed by atoms with van der Waals surface area (Å²) in [7, 11) is 0. The van der Waals surface area contributed by atoms with E-state index in [1.807, 2.05) is 39.0 Å². The van der Waals surface area contributed by atoms with Crippen molar-refractivity contribution in [3.63, 3.8) is 0 Å². The van der Waals surface area contributed by atoms with Crippen LogP contribution in [0.25, 0.3) is 11.0 Å². The number of rotatable bonds is 5. The molecule has 0 amide bonds. The second kappa shape index (κ2) is 6.00. The van der Waals surface area contributed by atoms with Gasteiger partial charge < -0.3 is 9.32 Å². The molecule has 1 heterocycles. The lowest BCUT2D eigenvalue weighted by atomic mass is 10.1. The highest BCUT2D eigenvalue weighted by molar-refractivity contribution is 5.83. The highest BCUT2D eigenvalue weighted by Crippen LogP contribution is 2.24. The van der Waals surface area contributed by atoms with Crippen LogP contribution in [0.1, 0.15) is 19.4 Å². The second-order valence-corrected chi connectivity index (χ2v) is 5.70. The molecule has 0 aliphatic carbocycles. The summed E-state index contributed by atoms with van der Waals surface area (Å²) in [5, 5.41) is 0.962. The number of hydrogen-bond donors (Lipinski definition) is 0. The van der Waals surface area contributed by atoms with E-state index in [-0.39, 0.29) is 5.63 Å². The molecular formula is C18H21NO2. The van der Waals surface area contributed by atoms with Gasteiger partial charge in [-0.2, -0.15) is 0 Å². The van der Waals surface area contributed by atoms with Crippen molar-refractivity contribution in [3.05, 3.63) is 64.6 Å². The quantitative estimate of drug-likeness (QED) is 0.613. The maximum Gasteiger partial charge on any atom is 0.336 e. The fourth-order valence-electron chi connectivity index (χ4n) is 2.40. The summed E-state index contributed by atoms with van der Waals surface area (Å²) in [5.41, 5.74) is 4.37. The fourth-order valence-corrected chi connectivity index (χ4v) is 2.40. The lowest BCUT2D eigenvalue weighted by Gasteiger charge is -2.25. The van der Waals surface area contributed by atoms with Crippen molar-refractivity contribution in [1.82, 2.24) is 0 Å². The van der Waals surface area contributed by atoms with Gasteiger partial charge in [-0.3, -0.25) is 0 Å². The first-order valence-corrected chi connectivity index (χ1v) is 6.95. The molecule has 110 valence electrons. The van der Waals surface area contributed by atoms with Crippen LogP contribution in [0.2, 0.25) is 0 Å². The standard InChI is InChI=1S/C18H21NO2/c1-12(2)10-19(11-13(3)4)15-6-7-16-14(5)8-18(20)21-17(16)9-15/h6-9H,1,3,10-11H2,2,4-5H3. The summed E-state index contributed by atoms with van der Waals surface area (Å²) < 4.78 is 5.32. The first kappa shape index (κ1) is 15.1. The van der Waals surface area contributed by atoms with Crippen LogP contribution in [-0.4, -0.2) is 13.1 Å². The maximum absolute atomic E-state index is 11.5. The molecule has 0 saturated carbocycles. The minimum Gasteiger partial charge on any atom is -0.423 e. The minimum absolute atomic E-state index is 0.316. The molecule has 3 heteroatoms. The SMILES string of the molecule is C=C(C)CN(CC(=C)C)c1ccc2c(C)cc(=O)oc2c1. The zero-order valence-electron chi connectivity index (χ0n) is 12.9. The molecule has 21 heavy (non-hydrogen) atoms. The highest BCUT2D eigenvalue weighted by atomic mass is 16.4. The van der Waals surface area contributed by atoms with Gasteiger partial charge in [-0.1, -0.05) is 24.3 Å². The molecule has 0 aliphatic heterocycles. The van der Waals surface area contributed by atoms with Crippen molar-refractivity contribution in [2.75, 3.05) is 18.0 Å². The Morgan fingerprint density at radius 2 is 1.76 bits per heavy atom. The van der Waals surface area contributed by atoms with E-state index in [0.717, 1.165) is 40.9 Å². The number of nitrogens with zero attached hydrogens (tertiary/aromatic N) is 1. The van der Waals surface area contributed by atoms with Gasteiger partial charge in [0, 0.05) is 36.3 Å². The maximum atomic E-state index is 11.5. The van der Waals surface area contributed by atoms with E-state index in [4.69, 9.17) is 4.42 Å². The fraction of sp³-hybridized carbons (Fsp3) is 0.278. The van der Waals surface area contributed by atoms with Gasteiger partial charge in [-0.15, -0.1) is 0 Å². The van der Waals surface area contributed by atoms with Gasteiger partial charge >= 0.3 is 5.63 Å². The van der Waals surface area contributed by atoms with Crippen molar-refractivity contribution in [2.45, 2.75) is 20.8 Å². The summed E-state index contributed by atoms with van der Waals surface area (Å²) in [6, 6.07) is 7.46. The van der Waals surface area contributed by atoms with Crippen LogP contribution in [0.5, 0.6) is 0 Å². The van der Waals surface area contributed by atoms with Gasteiger partial charge in [0.15, 0.2) is 0 Å². The molecular weight excluding hydrogens is 262 g/mol. The number of aryl methyl sites for hydroxylation is 1. The number of benzene rings is 1. The summed E-state index contributed by atoms with van der Waals surface area (Å²) in [6.07, 6.45) is 0. The van der Waals surface area contributed by atoms with E-state index in [9.17, 15) is 4.79 Å². The van der Waals surface area contributed by atoms with E-state index < -0.39 is 0 Å². The summed E-state index contributed by atoms with van der Waals surface area (Å²) in [6.45, 7) is 15.3. The third-order valence-electron chi connectivity index (χ3n) is 3.22. The Labute approximate surface area is 125 Å². The van der Waals surface area contributed by atoms with Crippen LogP contribution in [0.3, 0.4) is 0 Å². The van der Waals surface area contributed by atoms with Crippen LogP contribution < -0.4 is 10.5 Å². The zero-order valence-corrected chi connectivity index (χ0v) is 12.9. The lowest BCUT2D eigenvalue weighted by molar-refractivity contribution is 0.560. The van der Waals surface area contributed by atoms with Crippen molar-refractivity contribution in [1.29, 1.82) is 0 Å². The summed E-state index contributed by atoms with van der Waals surface area (Å²) >= 11 is 0. The van der Waals surface area contributed by atoms with E-state index in [1.165, 1.54) is 6.07 Å². The molecule has 2 aromatic rings. The van der Waals surface area contributed by atoms with Gasteiger partial charge in [0.25, 0.3) is 0 Å². The van der Waals surface area contributed by atoms with Crippen LogP contribution in [0.15, 0.2) is 57.8 Å². The van der Waals surface area contributed by atoms with Gasteiger partial charge in [0.1, 0.15) is 5.58 Å². The molecule has 0 aliphatic rings. The first-order chi connectivity index (χ1) is 9.86. The van der Waals surface area contributed by atoms with E-state index >= 15 is 0 Å². The molecule has 1 aromatic heterocycles. The Morgan fingerprint density at radius 3 is 2.33 bits per heavy atom. The Hall–Kier alpha value is -2.29. The zero-order chi connectivity index (χ0) is 15.6. The largest absolute Gasteiger partial charge is 0.423 e. The molecule has 0 unspecified atom stereocenters. The van der Waals surface area contributed by atoms with Crippen LogP contribution in [0.4, 0.5) is 5.69 Å². The van der Waals surface area contributed by atoms with Crippen molar-refractivity contribution >= 4 is 16.7 Å². The number of fused-ring (bicyclic) bond motifs is 1. The molecule has 0 saturated heterocycles. The van der Waals surface area contributed by atoms with E-state index in [0.29, 0.717) is 5.58 Å². The Bertz CT molecular complexity index is 739. The number of anilines is 1. The molecule has 0 fully saturated rings. The molecule has 0 spiro atoms. The average molecular weight is 283 g/mol. The number of hydrogen-bond acceptors (Lipinski definition) is 3. The first-order valence-electron chi connectivity index (χ1n) is 6.95. The van der Waals surface area contributed by atoms with Crippen molar-refractivity contribution in [2.24, 2.45) is 0 Å². The van der Waals surface area contributed by atoms with Crippen molar-refractivity contribution < 1.29 is 4.42 Å². The highest BCUT2D eigenvalue weighted by Gasteiger charge is 2.10. The Balaban J connectivity index is 2.50. The smallest absolute Gasteiger partial charge is 0.336 e. The Morgan fingerprint density at radius 1 is 1.14 bits per heavy atom. The summed E-state index contributed by atoms with van der Waals surface area (Å²) in [5.74, 6) is 0. The molecule has 3 nitrogen and oxygen atoms in total. The minimum atomic E-state index is -0.316. The third-order valence-corrected chi connectivity index (χ3v) is 3.22. The third kappa shape index (κ3) is 3.63. The van der Waals surface area contributed by atoms with Crippen LogP contribution >= 0.6 is 0 Å². The average Bonchev–Trinajstić information content (AvgIpc) is 2.35. The van der Waals surface area contributed by atoms with Crippen molar-refractivity contribution in [3.8, 4) is 0 Å². The molecule has 0 bridgehead atoms. The molecule has 1 aromatic carbocycles. The monoisotopic (exact) mass is 283 g/mol. The van der Waals surface area contributed by atoms with Gasteiger partial charge in [0.2, 0.25) is 0 Å². The Kier molecular flexibility index (Phi) is 4.32. The summed E-state index contributed by atoms with van der Waals surface area (Å²) in [4.78, 5) is 13.7. The second-order valence-electron chi connectivity index (χ2n) is 5.70. The van der Waals surface area contributed by atoms with Crippen LogP contribution in [-0.2, 0) is 0 Å². The van der Waals surface area contributed by atoms with Gasteiger partial charge in [-0.05, 0) is 38.5 Å². The predicted molar refractivity (Wildman–Crippen MR) is 89.1 cm³/mol. The van der Waals surface area contributed by atoms with Gasteiger partial charge in [-0.25, -0.2) is 4.79 Å². The van der Waals surface area contributed by atoms with E-state index in [1.54, 1.807) is 0 Å². The molecule has 0 N–H and O–H groups in total. The topological polar surface area (TPSA) is 33.5 Å². The molecule has 2 rings (SSSR count). The predicted octanol–water partition coefficient (Wildman–Crippen LogP) is 4.06. The lowest BCUT2D eigenvalue weighted by Crippen LogP contribution is -2.26. The van der Waals surface area contributed by atoms with Gasteiger partial charge in [0.05, 0.1) is 0 Å².